The first-order valence-electron chi connectivity index (χ1n) is 11.6. The molecule has 0 aliphatic heterocycles. The highest BCUT2D eigenvalue weighted by atomic mass is 16.4. The molecule has 5 aromatic rings. The van der Waals surface area contributed by atoms with Crippen LogP contribution in [0, 0.1) is 0 Å². The Morgan fingerprint density at radius 3 is 1.60 bits per heavy atom. The second-order valence-electron chi connectivity index (χ2n) is 8.66. The largest absolute Gasteiger partial charge is 0.480 e. The Morgan fingerprint density at radius 2 is 1.11 bits per heavy atom. The number of carbonyl (C=O) groups excluding carboxylic acids is 1. The zero-order chi connectivity index (χ0) is 24.2. The van der Waals surface area contributed by atoms with Crippen molar-refractivity contribution in [2.75, 3.05) is 0 Å². The molecular formula is C31H25NO3. The van der Waals surface area contributed by atoms with E-state index >= 15 is 0 Å². The number of nitrogens with one attached hydrogen (secondary N) is 1. The Bertz CT molecular complexity index is 1400. The third-order valence-corrected chi connectivity index (χ3v) is 6.43. The monoisotopic (exact) mass is 459 g/mol. The maximum Gasteiger partial charge on any atom is 0.326 e. The number of hydrogen-bond acceptors (Lipinski definition) is 2. The van der Waals surface area contributed by atoms with Crippen LogP contribution in [0.3, 0.4) is 0 Å². The van der Waals surface area contributed by atoms with Gasteiger partial charge in [0.05, 0.1) is 5.92 Å². The van der Waals surface area contributed by atoms with Crippen molar-refractivity contribution in [2.45, 2.75) is 18.4 Å². The van der Waals surface area contributed by atoms with Gasteiger partial charge in [0.25, 0.3) is 0 Å². The quantitative estimate of drug-likeness (QED) is 0.296. The summed E-state index contributed by atoms with van der Waals surface area (Å²) in [6.45, 7) is 0. The fourth-order valence-corrected chi connectivity index (χ4v) is 4.77. The highest BCUT2D eigenvalue weighted by Crippen LogP contribution is 2.30. The lowest BCUT2D eigenvalue weighted by Gasteiger charge is -2.22. The van der Waals surface area contributed by atoms with E-state index in [0.29, 0.717) is 0 Å². The van der Waals surface area contributed by atoms with Crippen molar-refractivity contribution in [3.63, 3.8) is 0 Å². The first kappa shape index (κ1) is 22.4. The summed E-state index contributed by atoms with van der Waals surface area (Å²) in [6.07, 6.45) is 0.180. The maximum absolute atomic E-state index is 13.6. The van der Waals surface area contributed by atoms with Gasteiger partial charge in [0.1, 0.15) is 6.04 Å². The number of carboxylic acid groups (broad SMARTS) is 1. The number of carboxylic acids is 1. The standard InChI is InChI=1S/C31H25NO3/c33-30(29(21-11-3-1-4-12-21)22-13-5-2-6-14-22)32-28(31(34)35)20-27-25-17-9-7-15-23(25)19-24-16-8-10-18-26(24)27/h1-19,28-29H,20H2,(H,32,33)(H,34,35)/t28-/m0/s1. The first-order valence-corrected chi connectivity index (χ1v) is 11.6. The fraction of sp³-hybridized carbons (Fsp3) is 0.0968. The van der Waals surface area contributed by atoms with E-state index in [1.165, 1.54) is 0 Å². The molecule has 1 atom stereocenters. The number of hydrogen-bond donors (Lipinski definition) is 2. The molecule has 5 rings (SSSR count). The van der Waals surface area contributed by atoms with E-state index in [1.807, 2.05) is 109 Å². The molecule has 35 heavy (non-hydrogen) atoms. The van der Waals surface area contributed by atoms with Gasteiger partial charge in [-0.25, -0.2) is 4.79 Å². The third-order valence-electron chi connectivity index (χ3n) is 6.43. The second kappa shape index (κ2) is 9.82. The van der Waals surface area contributed by atoms with E-state index in [2.05, 4.69) is 11.4 Å². The minimum atomic E-state index is -1.08. The third kappa shape index (κ3) is 4.64. The van der Waals surface area contributed by atoms with Crippen LogP contribution in [0.4, 0.5) is 0 Å². The summed E-state index contributed by atoms with van der Waals surface area (Å²) in [4.78, 5) is 26.0. The van der Waals surface area contributed by atoms with Gasteiger partial charge in [0.15, 0.2) is 0 Å². The van der Waals surface area contributed by atoms with Gasteiger partial charge in [-0.1, -0.05) is 109 Å². The predicted molar refractivity (Wildman–Crippen MR) is 139 cm³/mol. The van der Waals surface area contributed by atoms with Crippen molar-refractivity contribution in [1.29, 1.82) is 0 Å². The number of fused-ring (bicyclic) bond motifs is 2. The molecule has 0 saturated carbocycles. The van der Waals surface area contributed by atoms with Crippen LogP contribution in [-0.4, -0.2) is 23.0 Å². The zero-order valence-electron chi connectivity index (χ0n) is 19.1. The molecule has 0 radical (unpaired) electrons. The van der Waals surface area contributed by atoms with Crippen LogP contribution in [0.15, 0.2) is 115 Å². The van der Waals surface area contributed by atoms with Gasteiger partial charge in [-0.3, -0.25) is 4.79 Å². The molecule has 0 fully saturated rings. The van der Waals surface area contributed by atoms with E-state index in [0.717, 1.165) is 38.2 Å². The predicted octanol–water partition coefficient (Wildman–Crippen LogP) is 5.94. The lowest BCUT2D eigenvalue weighted by Crippen LogP contribution is -2.44. The van der Waals surface area contributed by atoms with Crippen LogP contribution in [0.25, 0.3) is 21.5 Å². The van der Waals surface area contributed by atoms with E-state index in [4.69, 9.17) is 0 Å². The minimum absolute atomic E-state index is 0.180. The molecule has 4 heteroatoms. The van der Waals surface area contributed by atoms with Crippen LogP contribution in [-0.2, 0) is 16.0 Å². The molecule has 0 saturated heterocycles. The normalized spacial score (nSPS) is 12.0. The van der Waals surface area contributed by atoms with E-state index in [9.17, 15) is 14.7 Å². The van der Waals surface area contributed by atoms with Crippen molar-refractivity contribution in [3.8, 4) is 0 Å². The molecule has 172 valence electrons. The average Bonchev–Trinajstić information content (AvgIpc) is 2.89. The van der Waals surface area contributed by atoms with E-state index in [1.54, 1.807) is 0 Å². The average molecular weight is 460 g/mol. The van der Waals surface area contributed by atoms with E-state index in [-0.39, 0.29) is 12.3 Å². The van der Waals surface area contributed by atoms with Crippen LogP contribution >= 0.6 is 0 Å². The number of amides is 1. The van der Waals surface area contributed by atoms with Crippen molar-refractivity contribution < 1.29 is 14.7 Å². The molecule has 0 spiro atoms. The topological polar surface area (TPSA) is 66.4 Å². The van der Waals surface area contributed by atoms with Crippen molar-refractivity contribution in [3.05, 3.63) is 132 Å². The van der Waals surface area contributed by atoms with Crippen LogP contribution in [0.2, 0.25) is 0 Å². The molecule has 0 aliphatic carbocycles. The summed E-state index contributed by atoms with van der Waals surface area (Å²) in [5, 5.41) is 17.1. The minimum Gasteiger partial charge on any atom is -0.480 e. The van der Waals surface area contributed by atoms with Gasteiger partial charge in [-0.15, -0.1) is 0 Å². The van der Waals surface area contributed by atoms with Gasteiger partial charge < -0.3 is 10.4 Å². The smallest absolute Gasteiger partial charge is 0.326 e. The summed E-state index contributed by atoms with van der Waals surface area (Å²) in [7, 11) is 0. The van der Waals surface area contributed by atoms with E-state index < -0.39 is 17.9 Å². The maximum atomic E-state index is 13.6. The molecule has 2 N–H and O–H groups in total. The van der Waals surface area contributed by atoms with Gasteiger partial charge in [-0.05, 0) is 44.3 Å². The Morgan fingerprint density at radius 1 is 0.657 bits per heavy atom. The molecule has 0 bridgehead atoms. The van der Waals surface area contributed by atoms with Crippen molar-refractivity contribution in [1.82, 2.24) is 5.32 Å². The van der Waals surface area contributed by atoms with Gasteiger partial charge in [0.2, 0.25) is 5.91 Å². The highest BCUT2D eigenvalue weighted by Gasteiger charge is 2.28. The SMILES string of the molecule is O=C(N[C@@H](Cc1c2ccccc2cc2ccccc12)C(=O)O)C(c1ccccc1)c1ccccc1. The number of rotatable bonds is 7. The lowest BCUT2D eigenvalue weighted by molar-refractivity contribution is -0.141. The Balaban J connectivity index is 1.53. The van der Waals surface area contributed by atoms with Crippen molar-refractivity contribution >= 4 is 33.4 Å². The Kier molecular flexibility index (Phi) is 6.27. The van der Waals surface area contributed by atoms with Crippen molar-refractivity contribution in [2.24, 2.45) is 0 Å². The molecule has 1 amide bonds. The summed E-state index contributed by atoms with van der Waals surface area (Å²) in [5.41, 5.74) is 2.55. The number of benzene rings is 5. The Hall–Kier alpha value is -4.44. The molecule has 4 nitrogen and oxygen atoms in total. The molecule has 0 heterocycles. The second-order valence-corrected chi connectivity index (χ2v) is 8.66. The number of aliphatic carboxylic acids is 1. The zero-order valence-corrected chi connectivity index (χ0v) is 19.1. The molecule has 0 unspecified atom stereocenters. The van der Waals surface area contributed by atoms with Gasteiger partial charge in [-0.2, -0.15) is 0 Å². The summed E-state index contributed by atoms with van der Waals surface area (Å²) in [5.74, 6) is -2.00. The number of carbonyl (C=O) groups is 2. The highest BCUT2D eigenvalue weighted by molar-refractivity contribution is 6.03. The fourth-order valence-electron chi connectivity index (χ4n) is 4.77. The molecular weight excluding hydrogens is 434 g/mol. The Labute approximate surface area is 203 Å². The molecule has 0 aromatic heterocycles. The van der Waals surface area contributed by atoms with Crippen LogP contribution < -0.4 is 5.32 Å². The van der Waals surface area contributed by atoms with Crippen LogP contribution in [0.1, 0.15) is 22.6 Å². The molecule has 0 aliphatic rings. The first-order chi connectivity index (χ1) is 17.1. The lowest BCUT2D eigenvalue weighted by atomic mass is 9.89. The van der Waals surface area contributed by atoms with Gasteiger partial charge >= 0.3 is 5.97 Å². The summed E-state index contributed by atoms with van der Waals surface area (Å²) >= 11 is 0. The van der Waals surface area contributed by atoms with Crippen LogP contribution in [0.5, 0.6) is 0 Å². The summed E-state index contributed by atoms with van der Waals surface area (Å²) < 4.78 is 0. The summed E-state index contributed by atoms with van der Waals surface area (Å²) in [6, 6.07) is 35.9. The molecule has 5 aromatic carbocycles. The van der Waals surface area contributed by atoms with Gasteiger partial charge in [0, 0.05) is 6.42 Å².